The fraction of sp³-hybridized carbons (Fsp3) is 0.423. The number of carbonyl (C=O) groups is 3. The fourth-order valence-electron chi connectivity index (χ4n) is 3.98. The van der Waals surface area contributed by atoms with E-state index in [0.717, 1.165) is 37.2 Å². The first-order chi connectivity index (χ1) is 16.0. The maximum atomic E-state index is 13.3. The Morgan fingerprint density at radius 2 is 1.73 bits per heavy atom. The summed E-state index contributed by atoms with van der Waals surface area (Å²) >= 11 is 0. The van der Waals surface area contributed by atoms with Crippen LogP contribution in [0, 0.1) is 0 Å². The molecule has 33 heavy (non-hydrogen) atoms. The average molecular weight is 452 g/mol. The van der Waals surface area contributed by atoms with Gasteiger partial charge in [-0.15, -0.1) is 0 Å². The topological polar surface area (TPSA) is 87.7 Å². The van der Waals surface area contributed by atoms with Gasteiger partial charge in [-0.2, -0.15) is 0 Å². The number of carbonyl (C=O) groups excluding carboxylic acids is 3. The van der Waals surface area contributed by atoms with Gasteiger partial charge in [0.15, 0.2) is 0 Å². The number of amides is 2. The molecule has 2 aromatic carbocycles. The van der Waals surface area contributed by atoms with E-state index in [9.17, 15) is 14.4 Å². The van der Waals surface area contributed by atoms with Crippen LogP contribution in [0.4, 0.5) is 11.4 Å². The second kappa shape index (κ2) is 12.0. The number of nitrogens with zero attached hydrogens (tertiary/aromatic N) is 1. The van der Waals surface area contributed by atoms with Gasteiger partial charge in [-0.05, 0) is 56.9 Å². The van der Waals surface area contributed by atoms with Gasteiger partial charge in [-0.1, -0.05) is 30.3 Å². The Hall–Kier alpha value is -3.35. The van der Waals surface area contributed by atoms with Crippen LogP contribution in [0.1, 0.15) is 67.9 Å². The Morgan fingerprint density at radius 1 is 1.00 bits per heavy atom. The van der Waals surface area contributed by atoms with E-state index in [1.165, 1.54) is 6.42 Å². The van der Waals surface area contributed by atoms with Gasteiger partial charge in [0.1, 0.15) is 0 Å². The summed E-state index contributed by atoms with van der Waals surface area (Å²) in [5.74, 6) is -0.879. The third kappa shape index (κ3) is 7.07. The van der Waals surface area contributed by atoms with E-state index >= 15 is 0 Å². The number of benzene rings is 2. The van der Waals surface area contributed by atoms with E-state index < -0.39 is 5.97 Å². The van der Waals surface area contributed by atoms with Crippen molar-refractivity contribution in [2.45, 2.75) is 52.0 Å². The molecule has 2 N–H and O–H groups in total. The van der Waals surface area contributed by atoms with Crippen molar-refractivity contribution in [1.29, 1.82) is 0 Å². The highest BCUT2D eigenvalue weighted by Crippen LogP contribution is 2.28. The van der Waals surface area contributed by atoms with Gasteiger partial charge in [-0.25, -0.2) is 0 Å². The third-order valence-corrected chi connectivity index (χ3v) is 5.73. The van der Waals surface area contributed by atoms with Crippen LogP contribution in [0.25, 0.3) is 0 Å². The smallest absolute Gasteiger partial charge is 0.306 e. The largest absolute Gasteiger partial charge is 0.466 e. The zero-order valence-corrected chi connectivity index (χ0v) is 19.4. The Balaban J connectivity index is 1.76. The quantitative estimate of drug-likeness (QED) is 0.550. The normalized spacial score (nSPS) is 14.3. The third-order valence-electron chi connectivity index (χ3n) is 5.73. The minimum atomic E-state index is -0.400. The first-order valence-corrected chi connectivity index (χ1v) is 11.7. The van der Waals surface area contributed by atoms with Crippen LogP contribution in [0.5, 0.6) is 0 Å². The number of anilines is 2. The number of ether oxygens (including phenoxy) is 1. The molecule has 7 nitrogen and oxygen atoms in total. The van der Waals surface area contributed by atoms with Crippen molar-refractivity contribution in [3.63, 3.8) is 0 Å². The van der Waals surface area contributed by atoms with Crippen LogP contribution in [-0.2, 0) is 14.3 Å². The van der Waals surface area contributed by atoms with E-state index in [4.69, 9.17) is 4.74 Å². The van der Waals surface area contributed by atoms with Crippen molar-refractivity contribution in [3.8, 4) is 0 Å². The lowest BCUT2D eigenvalue weighted by Gasteiger charge is -2.31. The molecule has 1 heterocycles. The molecule has 1 saturated heterocycles. The molecule has 2 aromatic rings. The first kappa shape index (κ1) is 24.3. The highest BCUT2D eigenvalue weighted by molar-refractivity contribution is 6.02. The lowest BCUT2D eigenvalue weighted by atomic mass is 10.0. The molecule has 1 unspecified atom stereocenters. The molecule has 0 radical (unpaired) electrons. The molecule has 1 fully saturated rings. The number of hydrogen-bond donors (Lipinski definition) is 2. The molecule has 0 bridgehead atoms. The van der Waals surface area contributed by atoms with E-state index in [1.54, 1.807) is 13.0 Å². The predicted molar refractivity (Wildman–Crippen MR) is 129 cm³/mol. The van der Waals surface area contributed by atoms with Gasteiger partial charge in [0.2, 0.25) is 5.91 Å². The summed E-state index contributed by atoms with van der Waals surface area (Å²) in [5.41, 5.74) is 2.95. The summed E-state index contributed by atoms with van der Waals surface area (Å²) in [4.78, 5) is 39.4. The summed E-state index contributed by atoms with van der Waals surface area (Å²) in [6, 6.07) is 15.1. The van der Waals surface area contributed by atoms with Crippen LogP contribution in [0.2, 0.25) is 0 Å². The molecule has 0 spiro atoms. The maximum absolute atomic E-state index is 13.3. The molecular formula is C26H33N3O4. The molecule has 0 aromatic heterocycles. The van der Waals surface area contributed by atoms with Crippen LogP contribution >= 0.6 is 0 Å². The number of rotatable bonds is 9. The maximum Gasteiger partial charge on any atom is 0.306 e. The summed E-state index contributed by atoms with van der Waals surface area (Å²) in [5, 5.41) is 5.89. The molecule has 7 heteroatoms. The van der Waals surface area contributed by atoms with E-state index in [-0.39, 0.29) is 37.3 Å². The Morgan fingerprint density at radius 3 is 2.42 bits per heavy atom. The molecule has 0 aliphatic carbocycles. The summed E-state index contributed by atoms with van der Waals surface area (Å²) in [7, 11) is 0. The van der Waals surface area contributed by atoms with Crippen molar-refractivity contribution in [3.05, 3.63) is 59.7 Å². The Bertz CT molecular complexity index is 955. The van der Waals surface area contributed by atoms with Crippen molar-refractivity contribution in [2.75, 3.05) is 29.9 Å². The highest BCUT2D eigenvalue weighted by Gasteiger charge is 2.21. The molecule has 1 aliphatic rings. The number of nitrogens with one attached hydrogen (secondary N) is 2. The Kier molecular flexibility index (Phi) is 8.87. The van der Waals surface area contributed by atoms with E-state index in [1.807, 2.05) is 49.4 Å². The van der Waals surface area contributed by atoms with Gasteiger partial charge in [0.05, 0.1) is 24.6 Å². The van der Waals surface area contributed by atoms with Gasteiger partial charge >= 0.3 is 5.97 Å². The summed E-state index contributed by atoms with van der Waals surface area (Å²) < 4.78 is 4.87. The molecule has 1 aliphatic heterocycles. The molecule has 0 saturated carbocycles. The minimum absolute atomic E-state index is 0.0213. The first-order valence-electron chi connectivity index (χ1n) is 11.7. The van der Waals surface area contributed by atoms with Gasteiger partial charge in [0.25, 0.3) is 5.91 Å². The second-order valence-corrected chi connectivity index (χ2v) is 8.24. The highest BCUT2D eigenvalue weighted by atomic mass is 16.5. The van der Waals surface area contributed by atoms with Crippen molar-refractivity contribution in [2.24, 2.45) is 0 Å². The molecular weight excluding hydrogens is 418 g/mol. The zero-order valence-electron chi connectivity index (χ0n) is 19.4. The van der Waals surface area contributed by atoms with Crippen molar-refractivity contribution >= 4 is 29.2 Å². The molecule has 2 amide bonds. The van der Waals surface area contributed by atoms with Crippen molar-refractivity contribution < 1.29 is 19.1 Å². The summed E-state index contributed by atoms with van der Waals surface area (Å²) in [6.07, 6.45) is 3.42. The monoisotopic (exact) mass is 451 g/mol. The average Bonchev–Trinajstić information content (AvgIpc) is 2.84. The van der Waals surface area contributed by atoms with Crippen LogP contribution in [0.3, 0.4) is 0 Å². The van der Waals surface area contributed by atoms with Gasteiger partial charge in [-0.3, -0.25) is 14.4 Å². The van der Waals surface area contributed by atoms with E-state index in [2.05, 4.69) is 15.5 Å². The lowest BCUT2D eigenvalue weighted by molar-refractivity contribution is -0.144. The standard InChI is InChI=1S/C26H33N3O4/c1-3-33-25(31)15-14-24(30)28-21-12-13-23(29-16-8-5-9-17-29)22(18-21)26(32)27-19(2)20-10-6-4-7-11-20/h4,6-7,10-13,18-19H,3,5,8-9,14-17H2,1-2H3,(H,27,32)(H,28,30). The number of hydrogen-bond acceptors (Lipinski definition) is 5. The predicted octanol–water partition coefficient (Wildman–Crippen LogP) is 4.45. The zero-order chi connectivity index (χ0) is 23.6. The lowest BCUT2D eigenvalue weighted by Crippen LogP contribution is -2.33. The van der Waals surface area contributed by atoms with Crippen LogP contribution in [-0.4, -0.2) is 37.5 Å². The Labute approximate surface area is 195 Å². The number of esters is 1. The van der Waals surface area contributed by atoms with E-state index in [0.29, 0.717) is 11.3 Å². The van der Waals surface area contributed by atoms with Crippen LogP contribution in [0.15, 0.2) is 48.5 Å². The SMILES string of the molecule is CCOC(=O)CCC(=O)Nc1ccc(N2CCCCC2)c(C(=O)NC(C)c2ccccc2)c1. The molecule has 3 rings (SSSR count). The second-order valence-electron chi connectivity index (χ2n) is 8.24. The van der Waals surface area contributed by atoms with Gasteiger partial charge < -0.3 is 20.3 Å². The molecule has 176 valence electrons. The molecule has 1 atom stereocenters. The van der Waals surface area contributed by atoms with Crippen molar-refractivity contribution in [1.82, 2.24) is 5.32 Å². The summed E-state index contributed by atoms with van der Waals surface area (Å²) in [6.45, 7) is 5.78. The van der Waals surface area contributed by atoms with Gasteiger partial charge in [0, 0.05) is 30.9 Å². The number of piperidine rings is 1. The minimum Gasteiger partial charge on any atom is -0.466 e. The van der Waals surface area contributed by atoms with Crippen LogP contribution < -0.4 is 15.5 Å². The fourth-order valence-corrected chi connectivity index (χ4v) is 3.98.